The number of hydrogen-bond donors (Lipinski definition) is 1. The Kier molecular flexibility index (Phi) is 3.14. The summed E-state index contributed by atoms with van der Waals surface area (Å²) in [6.45, 7) is -0.469. The third-order valence-electron chi connectivity index (χ3n) is 5.10. The molecule has 1 aromatic carbocycles. The van der Waals surface area contributed by atoms with Crippen molar-refractivity contribution in [3.8, 4) is 0 Å². The summed E-state index contributed by atoms with van der Waals surface area (Å²) in [6.07, 6.45) is 3.11. The summed E-state index contributed by atoms with van der Waals surface area (Å²) in [6, 6.07) is 5.13. The summed E-state index contributed by atoms with van der Waals surface area (Å²) >= 11 is 0. The lowest BCUT2D eigenvalue weighted by Gasteiger charge is -2.27. The molecule has 0 unspecified atom stereocenters. The van der Waals surface area contributed by atoms with Crippen molar-refractivity contribution in [1.29, 1.82) is 0 Å². The lowest BCUT2D eigenvalue weighted by Crippen LogP contribution is -2.43. The summed E-state index contributed by atoms with van der Waals surface area (Å²) in [5.74, 6) is -4.27. The molecule has 4 atom stereocenters. The summed E-state index contributed by atoms with van der Waals surface area (Å²) in [7, 11) is 1.37. The van der Waals surface area contributed by atoms with Gasteiger partial charge in [-0.25, -0.2) is 4.90 Å². The molecule has 1 aromatic rings. The van der Waals surface area contributed by atoms with Gasteiger partial charge >= 0.3 is 0 Å². The molecule has 2 fully saturated rings. The molecule has 0 aliphatic carbocycles. The Hall–Kier alpha value is -2.62. The number of hydrogen-bond acceptors (Lipinski definition) is 7. The molecule has 2 amide bonds. The number of imide groups is 1. The number of methoxy groups -OCH3 is 1. The minimum absolute atomic E-state index is 0.145. The van der Waals surface area contributed by atoms with Crippen LogP contribution in [-0.4, -0.2) is 46.9 Å². The van der Waals surface area contributed by atoms with Gasteiger partial charge in [0, 0.05) is 19.2 Å². The number of rotatable bonds is 4. The van der Waals surface area contributed by atoms with E-state index in [1.54, 1.807) is 12.2 Å². The third kappa shape index (κ3) is 1.82. The molecule has 3 heterocycles. The molecular weight excluding hydrogens is 332 g/mol. The van der Waals surface area contributed by atoms with Crippen molar-refractivity contribution in [2.75, 3.05) is 18.6 Å². The summed E-state index contributed by atoms with van der Waals surface area (Å²) in [4.78, 5) is 37.0. The van der Waals surface area contributed by atoms with Crippen LogP contribution in [0.2, 0.25) is 0 Å². The van der Waals surface area contributed by atoms with Crippen molar-refractivity contribution < 1.29 is 29.1 Å². The van der Waals surface area contributed by atoms with Gasteiger partial charge < -0.3 is 14.6 Å². The largest absolute Gasteiger partial charge is 0.393 e. The Morgan fingerprint density at radius 1 is 1.24 bits per heavy atom. The number of non-ortho nitro benzene ring substituents is 1. The van der Waals surface area contributed by atoms with Crippen LogP contribution in [0.3, 0.4) is 0 Å². The quantitative estimate of drug-likeness (QED) is 0.362. The monoisotopic (exact) mass is 346 g/mol. The normalized spacial score (nSPS) is 35.5. The number of nitrogens with zero attached hydrogens (tertiary/aromatic N) is 2. The van der Waals surface area contributed by atoms with Crippen LogP contribution in [0.15, 0.2) is 36.4 Å². The second-order valence-electron chi connectivity index (χ2n) is 6.21. The maximum atomic E-state index is 12.9. The van der Waals surface area contributed by atoms with E-state index < -0.39 is 46.6 Å². The molecule has 9 heteroatoms. The van der Waals surface area contributed by atoms with E-state index in [1.807, 2.05) is 0 Å². The minimum atomic E-state index is -1.39. The highest BCUT2D eigenvalue weighted by atomic mass is 16.7. The summed E-state index contributed by atoms with van der Waals surface area (Å²) in [5.41, 5.74) is -1.22. The number of ether oxygens (including phenoxy) is 2. The topological polar surface area (TPSA) is 119 Å². The van der Waals surface area contributed by atoms with Crippen molar-refractivity contribution in [3.05, 3.63) is 46.5 Å². The predicted octanol–water partition coefficient (Wildman–Crippen LogP) is 0.374. The van der Waals surface area contributed by atoms with Gasteiger partial charge in [-0.1, -0.05) is 0 Å². The Labute approximate surface area is 141 Å². The lowest BCUT2D eigenvalue weighted by molar-refractivity contribution is -0.384. The SMILES string of the molecule is CO[C@]12C=C[C@@](CO)(O1)[C@@H]1C(=O)N(c3ccc([N+](=O)[O-])cc3)C(=O)[C@@H]12. The number of nitro groups is 1. The van der Waals surface area contributed by atoms with E-state index in [0.29, 0.717) is 0 Å². The Morgan fingerprint density at radius 2 is 1.88 bits per heavy atom. The zero-order chi connectivity index (χ0) is 18.0. The Morgan fingerprint density at radius 3 is 2.44 bits per heavy atom. The van der Waals surface area contributed by atoms with Crippen LogP contribution in [0, 0.1) is 22.0 Å². The van der Waals surface area contributed by atoms with Crippen LogP contribution < -0.4 is 4.90 Å². The van der Waals surface area contributed by atoms with Gasteiger partial charge in [0.25, 0.3) is 5.69 Å². The molecule has 130 valence electrons. The number of benzene rings is 1. The first-order valence-corrected chi connectivity index (χ1v) is 7.58. The Balaban J connectivity index is 1.76. The summed E-state index contributed by atoms with van der Waals surface area (Å²) < 4.78 is 11.1. The fourth-order valence-corrected chi connectivity index (χ4v) is 3.92. The number of amides is 2. The zero-order valence-corrected chi connectivity index (χ0v) is 13.1. The molecule has 4 rings (SSSR count). The van der Waals surface area contributed by atoms with Gasteiger partial charge in [0.15, 0.2) is 0 Å². The second kappa shape index (κ2) is 4.94. The van der Waals surface area contributed by atoms with E-state index in [2.05, 4.69) is 0 Å². The molecule has 2 saturated heterocycles. The van der Waals surface area contributed by atoms with Gasteiger partial charge in [-0.2, -0.15) is 0 Å². The maximum absolute atomic E-state index is 12.9. The number of carbonyl (C=O) groups excluding carboxylic acids is 2. The number of fused-ring (bicyclic) bond motifs is 5. The maximum Gasteiger partial charge on any atom is 0.269 e. The third-order valence-corrected chi connectivity index (χ3v) is 5.10. The standard InChI is InChI=1S/C16H14N2O7/c1-24-16-7-6-15(8-19,25-16)11-12(16)14(21)17(13(11)20)9-2-4-10(5-3-9)18(22)23/h2-7,11-12,19H,8H2,1H3/t11-,12+,15-,16+/m0/s1. The average molecular weight is 346 g/mol. The number of anilines is 1. The molecule has 9 nitrogen and oxygen atoms in total. The average Bonchev–Trinajstić information content (AvgIpc) is 3.23. The van der Waals surface area contributed by atoms with Crippen molar-refractivity contribution in [2.45, 2.75) is 11.4 Å². The van der Waals surface area contributed by atoms with Gasteiger partial charge in [-0.3, -0.25) is 19.7 Å². The van der Waals surface area contributed by atoms with Gasteiger partial charge in [-0.15, -0.1) is 0 Å². The number of aliphatic hydroxyl groups excluding tert-OH is 1. The van der Waals surface area contributed by atoms with E-state index in [0.717, 1.165) is 4.90 Å². The van der Waals surface area contributed by atoms with Crippen LogP contribution in [0.1, 0.15) is 0 Å². The highest BCUT2D eigenvalue weighted by molar-refractivity contribution is 6.23. The molecule has 0 spiro atoms. The molecule has 1 N–H and O–H groups in total. The molecule has 3 aliphatic heterocycles. The summed E-state index contributed by atoms with van der Waals surface area (Å²) in [5, 5.41) is 20.5. The highest BCUT2D eigenvalue weighted by Gasteiger charge is 2.74. The molecule has 25 heavy (non-hydrogen) atoms. The second-order valence-corrected chi connectivity index (χ2v) is 6.21. The van der Waals surface area contributed by atoms with Crippen molar-refractivity contribution in [2.24, 2.45) is 11.8 Å². The lowest BCUT2D eigenvalue weighted by atomic mass is 9.76. The molecule has 3 aliphatic rings. The molecule has 0 saturated carbocycles. The van der Waals surface area contributed by atoms with E-state index >= 15 is 0 Å². The van der Waals surface area contributed by atoms with Crippen LogP contribution in [0.5, 0.6) is 0 Å². The smallest absolute Gasteiger partial charge is 0.269 e. The van der Waals surface area contributed by atoms with Crippen molar-refractivity contribution >= 4 is 23.2 Å². The van der Waals surface area contributed by atoms with Crippen molar-refractivity contribution in [3.63, 3.8) is 0 Å². The van der Waals surface area contributed by atoms with Crippen LogP contribution in [-0.2, 0) is 19.1 Å². The molecule has 0 radical (unpaired) electrons. The number of nitro benzene ring substituents is 1. The fraction of sp³-hybridized carbons (Fsp3) is 0.375. The van der Waals surface area contributed by atoms with Crippen LogP contribution in [0.4, 0.5) is 11.4 Å². The van der Waals surface area contributed by atoms with Gasteiger partial charge in [0.05, 0.1) is 23.1 Å². The first kappa shape index (κ1) is 15.9. The van der Waals surface area contributed by atoms with Crippen LogP contribution >= 0.6 is 0 Å². The first-order valence-electron chi connectivity index (χ1n) is 7.58. The van der Waals surface area contributed by atoms with E-state index in [9.17, 15) is 24.8 Å². The van der Waals surface area contributed by atoms with Gasteiger partial charge in [0.2, 0.25) is 17.6 Å². The van der Waals surface area contributed by atoms with Gasteiger partial charge in [0.1, 0.15) is 11.5 Å². The number of aliphatic hydroxyl groups is 1. The van der Waals surface area contributed by atoms with Crippen molar-refractivity contribution in [1.82, 2.24) is 0 Å². The predicted molar refractivity (Wildman–Crippen MR) is 82.4 cm³/mol. The first-order chi connectivity index (χ1) is 11.9. The molecular formula is C16H14N2O7. The Bertz CT molecular complexity index is 782. The van der Waals surface area contributed by atoms with Crippen LogP contribution in [0.25, 0.3) is 0 Å². The zero-order valence-electron chi connectivity index (χ0n) is 13.1. The van der Waals surface area contributed by atoms with Gasteiger partial charge in [-0.05, 0) is 24.3 Å². The van der Waals surface area contributed by atoms with E-state index in [1.165, 1.54) is 31.4 Å². The highest BCUT2D eigenvalue weighted by Crippen LogP contribution is 2.57. The van der Waals surface area contributed by atoms with E-state index in [4.69, 9.17) is 9.47 Å². The van der Waals surface area contributed by atoms with E-state index in [-0.39, 0.29) is 11.4 Å². The minimum Gasteiger partial charge on any atom is -0.393 e. The fourth-order valence-electron chi connectivity index (χ4n) is 3.92. The molecule has 2 bridgehead atoms. The number of carbonyl (C=O) groups is 2. The molecule has 0 aromatic heterocycles.